The van der Waals surface area contributed by atoms with Gasteiger partial charge in [0.2, 0.25) is 0 Å². The summed E-state index contributed by atoms with van der Waals surface area (Å²) in [6, 6.07) is 3.26. The zero-order valence-electron chi connectivity index (χ0n) is 7.74. The maximum atomic E-state index is 10.4. The van der Waals surface area contributed by atoms with Crippen molar-refractivity contribution < 1.29 is 15.0 Å². The van der Waals surface area contributed by atoms with Crippen LogP contribution in [0.2, 0.25) is 0 Å². The van der Waals surface area contributed by atoms with E-state index in [0.717, 1.165) is 0 Å². The maximum Gasteiger partial charge on any atom is 0.306 e. The van der Waals surface area contributed by atoms with Gasteiger partial charge in [0.05, 0.1) is 12.1 Å². The van der Waals surface area contributed by atoms with Crippen LogP contribution in [0.25, 0.3) is 5.65 Å². The lowest BCUT2D eigenvalue weighted by molar-refractivity contribution is -0.139. The minimum absolute atomic E-state index is 0.316. The molecule has 2 heterocycles. The molecule has 1 atom stereocenters. The van der Waals surface area contributed by atoms with E-state index in [-0.39, 0.29) is 6.42 Å². The third-order valence-corrected chi connectivity index (χ3v) is 1.96. The third-order valence-electron chi connectivity index (χ3n) is 1.96. The van der Waals surface area contributed by atoms with E-state index in [1.54, 1.807) is 24.5 Å². The van der Waals surface area contributed by atoms with Crippen LogP contribution in [0.5, 0.6) is 0 Å². The van der Waals surface area contributed by atoms with E-state index in [1.165, 1.54) is 4.52 Å². The number of rotatable bonds is 3. The van der Waals surface area contributed by atoms with Crippen LogP contribution >= 0.6 is 0 Å². The Morgan fingerprint density at radius 1 is 1.60 bits per heavy atom. The van der Waals surface area contributed by atoms with Gasteiger partial charge in [-0.3, -0.25) is 4.79 Å². The van der Waals surface area contributed by atoms with Crippen LogP contribution in [0.15, 0.2) is 24.5 Å². The van der Waals surface area contributed by atoms with E-state index in [4.69, 9.17) is 5.11 Å². The molecule has 0 aromatic carbocycles. The largest absolute Gasteiger partial charge is 0.481 e. The normalized spacial score (nSPS) is 12.9. The zero-order chi connectivity index (χ0) is 10.8. The molecule has 0 spiro atoms. The van der Waals surface area contributed by atoms with Crippen molar-refractivity contribution >= 4 is 11.6 Å². The molecule has 2 rings (SSSR count). The third kappa shape index (κ3) is 1.94. The molecule has 0 bridgehead atoms. The Hall–Kier alpha value is -1.95. The maximum absolute atomic E-state index is 10.4. The average molecular weight is 207 g/mol. The summed E-state index contributed by atoms with van der Waals surface area (Å²) in [4.78, 5) is 14.4. The van der Waals surface area contributed by atoms with Gasteiger partial charge in [-0.2, -0.15) is 5.10 Å². The Morgan fingerprint density at radius 2 is 2.40 bits per heavy atom. The summed E-state index contributed by atoms with van der Waals surface area (Å²) in [5.74, 6) is -1.06. The first kappa shape index (κ1) is 9.60. The van der Waals surface area contributed by atoms with Gasteiger partial charge in [-0.1, -0.05) is 0 Å². The number of aliphatic carboxylic acids is 1. The highest BCUT2D eigenvalue weighted by Crippen LogP contribution is 2.15. The highest BCUT2D eigenvalue weighted by atomic mass is 16.4. The fraction of sp³-hybridized carbons (Fsp3) is 0.222. The Morgan fingerprint density at radius 3 is 3.07 bits per heavy atom. The lowest BCUT2D eigenvalue weighted by atomic mass is 10.2. The fourth-order valence-corrected chi connectivity index (χ4v) is 1.28. The van der Waals surface area contributed by atoms with Gasteiger partial charge in [0, 0.05) is 18.5 Å². The Bertz CT molecular complexity index is 461. The number of aromatic nitrogens is 3. The first-order valence-corrected chi connectivity index (χ1v) is 4.37. The molecule has 0 radical (unpaired) electrons. The van der Waals surface area contributed by atoms with Gasteiger partial charge in [0.15, 0.2) is 5.65 Å². The van der Waals surface area contributed by atoms with Crippen LogP contribution in [0.1, 0.15) is 18.2 Å². The minimum atomic E-state index is -1.09. The molecule has 2 aromatic rings. The Kier molecular flexibility index (Phi) is 2.34. The fourth-order valence-electron chi connectivity index (χ4n) is 1.28. The number of carboxylic acids is 1. The van der Waals surface area contributed by atoms with E-state index in [0.29, 0.717) is 11.3 Å². The molecule has 0 fully saturated rings. The summed E-state index contributed by atoms with van der Waals surface area (Å²) in [6.07, 6.45) is 1.83. The van der Waals surface area contributed by atoms with Gasteiger partial charge >= 0.3 is 5.97 Å². The van der Waals surface area contributed by atoms with E-state index in [2.05, 4.69) is 10.1 Å². The summed E-state index contributed by atoms with van der Waals surface area (Å²) in [6.45, 7) is 0. The second-order valence-electron chi connectivity index (χ2n) is 3.11. The van der Waals surface area contributed by atoms with Gasteiger partial charge in [0.1, 0.15) is 6.10 Å². The van der Waals surface area contributed by atoms with E-state index in [1.807, 2.05) is 0 Å². The molecule has 0 aliphatic carbocycles. The molecule has 78 valence electrons. The minimum Gasteiger partial charge on any atom is -0.481 e. The molecule has 2 aromatic heterocycles. The van der Waals surface area contributed by atoms with Crippen molar-refractivity contribution in [2.75, 3.05) is 0 Å². The lowest BCUT2D eigenvalue weighted by Crippen LogP contribution is -2.06. The van der Waals surface area contributed by atoms with Crippen LogP contribution in [0.4, 0.5) is 0 Å². The molecule has 6 nitrogen and oxygen atoms in total. The Labute approximate surface area is 84.8 Å². The lowest BCUT2D eigenvalue weighted by Gasteiger charge is -2.01. The molecular weight excluding hydrogens is 198 g/mol. The van der Waals surface area contributed by atoms with Crippen molar-refractivity contribution in [2.24, 2.45) is 0 Å². The number of hydrogen-bond acceptors (Lipinski definition) is 4. The van der Waals surface area contributed by atoms with Gasteiger partial charge < -0.3 is 10.2 Å². The highest BCUT2D eigenvalue weighted by molar-refractivity contribution is 5.67. The monoisotopic (exact) mass is 207 g/mol. The highest BCUT2D eigenvalue weighted by Gasteiger charge is 2.15. The van der Waals surface area contributed by atoms with Crippen molar-refractivity contribution in [3.8, 4) is 0 Å². The van der Waals surface area contributed by atoms with Crippen LogP contribution in [0, 0.1) is 0 Å². The number of nitrogens with zero attached hydrogens (tertiary/aromatic N) is 3. The summed E-state index contributed by atoms with van der Waals surface area (Å²) < 4.78 is 1.49. The van der Waals surface area contributed by atoms with Gasteiger partial charge in [-0.25, -0.2) is 9.50 Å². The summed E-state index contributed by atoms with van der Waals surface area (Å²) in [5, 5.41) is 22.0. The molecule has 0 saturated carbocycles. The number of aliphatic hydroxyl groups excluding tert-OH is 1. The van der Waals surface area contributed by atoms with E-state index < -0.39 is 12.1 Å². The average Bonchev–Trinajstić information content (AvgIpc) is 2.59. The molecule has 6 heteroatoms. The van der Waals surface area contributed by atoms with Gasteiger partial charge in [0.25, 0.3) is 0 Å². The number of carbonyl (C=O) groups is 1. The van der Waals surface area contributed by atoms with Crippen LogP contribution < -0.4 is 0 Å². The smallest absolute Gasteiger partial charge is 0.306 e. The topological polar surface area (TPSA) is 87.7 Å². The van der Waals surface area contributed by atoms with Crippen molar-refractivity contribution in [2.45, 2.75) is 12.5 Å². The quantitative estimate of drug-likeness (QED) is 0.752. The molecule has 0 saturated heterocycles. The van der Waals surface area contributed by atoms with E-state index in [9.17, 15) is 9.90 Å². The first-order chi connectivity index (χ1) is 7.16. The van der Waals surface area contributed by atoms with E-state index >= 15 is 0 Å². The predicted molar refractivity (Wildman–Crippen MR) is 50.2 cm³/mol. The van der Waals surface area contributed by atoms with Gasteiger partial charge in [-0.15, -0.1) is 0 Å². The number of carboxylic acid groups (broad SMARTS) is 1. The predicted octanol–water partition coefficient (Wildman–Crippen LogP) is 0.237. The molecule has 0 amide bonds. The van der Waals surface area contributed by atoms with Crippen LogP contribution in [0.3, 0.4) is 0 Å². The number of fused-ring (bicyclic) bond motifs is 1. The molecule has 15 heavy (non-hydrogen) atoms. The molecule has 2 N–H and O–H groups in total. The second kappa shape index (κ2) is 3.66. The van der Waals surface area contributed by atoms with Crippen LogP contribution in [-0.4, -0.2) is 30.8 Å². The van der Waals surface area contributed by atoms with Gasteiger partial charge in [-0.05, 0) is 6.07 Å². The van der Waals surface area contributed by atoms with Crippen LogP contribution in [-0.2, 0) is 4.79 Å². The van der Waals surface area contributed by atoms with Crippen molar-refractivity contribution in [1.29, 1.82) is 0 Å². The second-order valence-corrected chi connectivity index (χ2v) is 3.11. The summed E-state index contributed by atoms with van der Waals surface area (Å²) in [5.41, 5.74) is 0.896. The SMILES string of the molecule is O=C(O)C[C@H](O)c1cc2ncccn2n1. The molecule has 0 aliphatic heterocycles. The standard InChI is InChI=1S/C9H9N3O3/c13-7(5-9(14)15)6-4-8-10-2-1-3-12(8)11-6/h1-4,7,13H,5H2,(H,14,15)/t7-/m0/s1. The zero-order valence-corrected chi connectivity index (χ0v) is 7.74. The number of aliphatic hydroxyl groups is 1. The van der Waals surface area contributed by atoms with Crippen molar-refractivity contribution in [1.82, 2.24) is 14.6 Å². The first-order valence-electron chi connectivity index (χ1n) is 4.37. The summed E-state index contributed by atoms with van der Waals surface area (Å²) >= 11 is 0. The molecular formula is C9H9N3O3. The van der Waals surface area contributed by atoms with Crippen molar-refractivity contribution in [3.05, 3.63) is 30.2 Å². The van der Waals surface area contributed by atoms with Crippen molar-refractivity contribution in [3.63, 3.8) is 0 Å². The number of hydrogen-bond donors (Lipinski definition) is 2. The summed E-state index contributed by atoms with van der Waals surface area (Å²) in [7, 11) is 0. The molecule has 0 unspecified atom stereocenters. The Balaban J connectivity index is 2.32. The molecule has 0 aliphatic rings.